The summed E-state index contributed by atoms with van der Waals surface area (Å²) in [6.07, 6.45) is 1.49. The van der Waals surface area contributed by atoms with Gasteiger partial charge in [-0.2, -0.15) is 0 Å². The van der Waals surface area contributed by atoms with Crippen molar-refractivity contribution in [1.29, 1.82) is 0 Å². The van der Waals surface area contributed by atoms with Gasteiger partial charge in [-0.15, -0.1) is 5.10 Å². The van der Waals surface area contributed by atoms with Gasteiger partial charge in [0.25, 0.3) is 5.89 Å². The van der Waals surface area contributed by atoms with Gasteiger partial charge in [0.15, 0.2) is 5.76 Å². The number of hydrogen-bond donors (Lipinski definition) is 2. The second-order valence-corrected chi connectivity index (χ2v) is 5.36. The van der Waals surface area contributed by atoms with E-state index in [1.807, 2.05) is 35.2 Å². The van der Waals surface area contributed by atoms with Gasteiger partial charge < -0.3 is 13.9 Å². The van der Waals surface area contributed by atoms with Crippen LogP contribution in [0.4, 0.5) is 6.01 Å². The fourth-order valence-corrected chi connectivity index (χ4v) is 2.33. The predicted octanol–water partition coefficient (Wildman–Crippen LogP) is 1.76. The molecule has 8 nitrogen and oxygen atoms in total. The van der Waals surface area contributed by atoms with Crippen molar-refractivity contribution in [2.24, 2.45) is 0 Å². The molecule has 1 amide bonds. The third kappa shape index (κ3) is 4.75. The van der Waals surface area contributed by atoms with Crippen molar-refractivity contribution < 1.29 is 18.7 Å². The van der Waals surface area contributed by atoms with E-state index < -0.39 is 0 Å². The van der Waals surface area contributed by atoms with E-state index in [0.29, 0.717) is 18.8 Å². The van der Waals surface area contributed by atoms with Crippen molar-refractivity contribution in [3.63, 3.8) is 0 Å². The molecule has 3 rings (SSSR count). The minimum atomic E-state index is -0.306. The molecular formula is C17H18N4O4. The maximum atomic E-state index is 12.2. The van der Waals surface area contributed by atoms with Gasteiger partial charge in [0.2, 0.25) is 5.91 Å². The molecule has 0 bridgehead atoms. The van der Waals surface area contributed by atoms with Gasteiger partial charge in [0.1, 0.15) is 0 Å². The van der Waals surface area contributed by atoms with Crippen molar-refractivity contribution in [2.45, 2.75) is 6.54 Å². The second kappa shape index (κ2) is 8.22. The number of amides is 1. The molecule has 0 fully saturated rings. The van der Waals surface area contributed by atoms with Crippen LogP contribution in [0.15, 0.2) is 57.6 Å². The first kappa shape index (κ1) is 16.9. The number of aliphatic hydroxyl groups excluding tert-OH is 1. The maximum Gasteiger partial charge on any atom is 0.322 e. The van der Waals surface area contributed by atoms with Gasteiger partial charge in [-0.3, -0.25) is 15.0 Å². The molecule has 0 aliphatic rings. The topological polar surface area (TPSA) is 105 Å². The summed E-state index contributed by atoms with van der Waals surface area (Å²) in [7, 11) is 0. The van der Waals surface area contributed by atoms with Gasteiger partial charge in [-0.1, -0.05) is 35.4 Å². The summed E-state index contributed by atoms with van der Waals surface area (Å²) in [5, 5.41) is 19.3. The number of nitrogens with one attached hydrogen (secondary N) is 1. The lowest BCUT2D eigenvalue weighted by Crippen LogP contribution is -2.34. The first-order valence-electron chi connectivity index (χ1n) is 7.79. The van der Waals surface area contributed by atoms with Crippen LogP contribution in [0.5, 0.6) is 0 Å². The van der Waals surface area contributed by atoms with E-state index in [1.54, 1.807) is 12.1 Å². The third-order valence-electron chi connectivity index (χ3n) is 3.44. The average molecular weight is 342 g/mol. The van der Waals surface area contributed by atoms with Crippen molar-refractivity contribution in [3.8, 4) is 11.7 Å². The smallest absolute Gasteiger partial charge is 0.322 e. The normalized spacial score (nSPS) is 11.0. The highest BCUT2D eigenvalue weighted by Gasteiger charge is 2.15. The molecule has 0 aliphatic heterocycles. The highest BCUT2D eigenvalue weighted by Crippen LogP contribution is 2.19. The quantitative estimate of drug-likeness (QED) is 0.642. The Labute approximate surface area is 144 Å². The molecule has 0 aliphatic carbocycles. The SMILES string of the molecule is O=C(CN(CCO)Cc1ccccc1)Nc1nnc(-c2ccco2)o1. The number of aromatic nitrogens is 2. The number of carbonyl (C=O) groups excluding carboxylic acids is 1. The second-order valence-electron chi connectivity index (χ2n) is 5.36. The number of hydrogen-bond acceptors (Lipinski definition) is 7. The molecule has 0 atom stereocenters. The summed E-state index contributed by atoms with van der Waals surface area (Å²) < 4.78 is 10.5. The van der Waals surface area contributed by atoms with E-state index in [2.05, 4.69) is 15.5 Å². The Morgan fingerprint density at radius 3 is 2.72 bits per heavy atom. The molecule has 2 N–H and O–H groups in total. The predicted molar refractivity (Wildman–Crippen MR) is 89.4 cm³/mol. The molecular weight excluding hydrogens is 324 g/mol. The Morgan fingerprint density at radius 1 is 1.16 bits per heavy atom. The van der Waals surface area contributed by atoms with Crippen molar-refractivity contribution in [2.75, 3.05) is 25.0 Å². The van der Waals surface area contributed by atoms with Crippen molar-refractivity contribution in [1.82, 2.24) is 15.1 Å². The van der Waals surface area contributed by atoms with Gasteiger partial charge in [0, 0.05) is 13.1 Å². The summed E-state index contributed by atoms with van der Waals surface area (Å²) in [4.78, 5) is 14.0. The van der Waals surface area contributed by atoms with Crippen LogP contribution in [0.1, 0.15) is 5.56 Å². The molecule has 3 aromatic rings. The molecule has 0 saturated heterocycles. The number of anilines is 1. The summed E-state index contributed by atoms with van der Waals surface area (Å²) in [5.74, 6) is 0.315. The van der Waals surface area contributed by atoms with Gasteiger partial charge >= 0.3 is 6.01 Å². The van der Waals surface area contributed by atoms with E-state index >= 15 is 0 Å². The number of nitrogens with zero attached hydrogens (tertiary/aromatic N) is 3. The summed E-state index contributed by atoms with van der Waals surface area (Å²) in [6.45, 7) is 0.983. The molecule has 130 valence electrons. The number of aliphatic hydroxyl groups is 1. The van der Waals surface area contributed by atoms with Crippen molar-refractivity contribution >= 4 is 11.9 Å². The largest absolute Gasteiger partial charge is 0.459 e. The Kier molecular flexibility index (Phi) is 5.55. The third-order valence-corrected chi connectivity index (χ3v) is 3.44. The van der Waals surface area contributed by atoms with Gasteiger partial charge in [-0.25, -0.2) is 0 Å². The van der Waals surface area contributed by atoms with Crippen LogP contribution in [0, 0.1) is 0 Å². The molecule has 0 spiro atoms. The lowest BCUT2D eigenvalue weighted by Gasteiger charge is -2.20. The lowest BCUT2D eigenvalue weighted by atomic mass is 10.2. The van der Waals surface area contributed by atoms with E-state index in [1.165, 1.54) is 6.26 Å². The fraction of sp³-hybridized carbons (Fsp3) is 0.235. The van der Waals surface area contributed by atoms with E-state index in [-0.39, 0.29) is 31.0 Å². The zero-order valence-electron chi connectivity index (χ0n) is 13.5. The zero-order valence-corrected chi connectivity index (χ0v) is 13.5. The number of benzene rings is 1. The van der Waals surface area contributed by atoms with Crippen LogP contribution in [0.3, 0.4) is 0 Å². The molecule has 2 aromatic heterocycles. The molecule has 0 unspecified atom stereocenters. The first-order chi connectivity index (χ1) is 12.2. The van der Waals surface area contributed by atoms with Crippen LogP contribution in [0.2, 0.25) is 0 Å². The van der Waals surface area contributed by atoms with Crippen LogP contribution >= 0.6 is 0 Å². The van der Waals surface area contributed by atoms with E-state index in [4.69, 9.17) is 8.83 Å². The Morgan fingerprint density at radius 2 is 2.00 bits per heavy atom. The molecule has 8 heteroatoms. The first-order valence-corrected chi connectivity index (χ1v) is 7.79. The molecule has 25 heavy (non-hydrogen) atoms. The van der Waals surface area contributed by atoms with Crippen LogP contribution in [-0.4, -0.2) is 45.8 Å². The lowest BCUT2D eigenvalue weighted by molar-refractivity contribution is -0.117. The van der Waals surface area contributed by atoms with Crippen LogP contribution in [-0.2, 0) is 11.3 Å². The molecule has 2 heterocycles. The molecule has 0 saturated carbocycles. The maximum absolute atomic E-state index is 12.2. The summed E-state index contributed by atoms with van der Waals surface area (Å²) in [6, 6.07) is 13.1. The number of furan rings is 1. The highest BCUT2D eigenvalue weighted by atomic mass is 16.4. The monoisotopic (exact) mass is 342 g/mol. The fourth-order valence-electron chi connectivity index (χ4n) is 2.33. The van der Waals surface area contributed by atoms with Crippen LogP contribution in [0.25, 0.3) is 11.7 Å². The van der Waals surface area contributed by atoms with Gasteiger partial charge in [0.05, 0.1) is 19.4 Å². The standard InChI is InChI=1S/C17H18N4O4/c22-9-8-21(11-13-5-2-1-3-6-13)12-15(23)18-17-20-19-16(25-17)14-7-4-10-24-14/h1-7,10,22H,8-9,11-12H2,(H,18,20,23). The summed E-state index contributed by atoms with van der Waals surface area (Å²) >= 11 is 0. The van der Waals surface area contributed by atoms with Crippen molar-refractivity contribution in [3.05, 3.63) is 54.3 Å². The Bertz CT molecular complexity index is 786. The average Bonchev–Trinajstić information content (AvgIpc) is 3.27. The molecule has 1 aromatic carbocycles. The molecule has 0 radical (unpaired) electrons. The number of rotatable bonds is 8. The number of carbonyl (C=O) groups is 1. The van der Waals surface area contributed by atoms with E-state index in [0.717, 1.165) is 5.56 Å². The minimum absolute atomic E-state index is 0.0000552. The summed E-state index contributed by atoms with van der Waals surface area (Å²) in [5.41, 5.74) is 1.06. The highest BCUT2D eigenvalue weighted by molar-refractivity contribution is 5.90. The minimum Gasteiger partial charge on any atom is -0.459 e. The Balaban J connectivity index is 1.58. The van der Waals surface area contributed by atoms with Gasteiger partial charge in [-0.05, 0) is 17.7 Å². The van der Waals surface area contributed by atoms with Crippen LogP contribution < -0.4 is 5.32 Å². The Hall–Kier alpha value is -2.97. The van der Waals surface area contributed by atoms with E-state index in [9.17, 15) is 9.90 Å². The zero-order chi connectivity index (χ0) is 17.5.